The Balaban J connectivity index is 2.01. The molecule has 1 atom stereocenters. The van der Waals surface area contributed by atoms with Crippen LogP contribution in [-0.2, 0) is 0 Å². The van der Waals surface area contributed by atoms with Crippen LogP contribution in [0.5, 0.6) is 0 Å². The Labute approximate surface area is 131 Å². The molecule has 1 unspecified atom stereocenters. The molecule has 2 nitrogen and oxygen atoms in total. The molecule has 2 aromatic rings. The highest BCUT2D eigenvalue weighted by molar-refractivity contribution is 6.01. The molecular weight excluding hydrogens is 272 g/mol. The minimum absolute atomic E-state index is 0.0243. The second kappa shape index (κ2) is 6.45. The molecular formula is C20H22O2. The highest BCUT2D eigenvalue weighted by Gasteiger charge is 2.43. The van der Waals surface area contributed by atoms with E-state index in [9.17, 15) is 9.90 Å². The van der Waals surface area contributed by atoms with Crippen molar-refractivity contribution in [1.29, 1.82) is 0 Å². The normalized spacial score (nSPS) is 18.6. The summed E-state index contributed by atoms with van der Waals surface area (Å²) >= 11 is 0. The zero-order chi connectivity index (χ0) is 15.4. The number of benzene rings is 2. The van der Waals surface area contributed by atoms with Crippen LogP contribution in [0.3, 0.4) is 0 Å². The van der Waals surface area contributed by atoms with E-state index in [-0.39, 0.29) is 5.78 Å². The largest absolute Gasteiger partial charge is 0.389 e. The molecule has 1 saturated carbocycles. The van der Waals surface area contributed by atoms with Gasteiger partial charge in [-0.05, 0) is 18.4 Å². The molecule has 114 valence electrons. The van der Waals surface area contributed by atoms with Gasteiger partial charge in [0.2, 0.25) is 0 Å². The molecule has 3 rings (SSSR count). The maximum absolute atomic E-state index is 13.1. The van der Waals surface area contributed by atoms with Crippen LogP contribution in [0.25, 0.3) is 0 Å². The zero-order valence-corrected chi connectivity index (χ0v) is 12.7. The summed E-state index contributed by atoms with van der Waals surface area (Å²) in [4.78, 5) is 13.1. The van der Waals surface area contributed by atoms with E-state index < -0.39 is 11.5 Å². The molecule has 0 amide bonds. The topological polar surface area (TPSA) is 37.3 Å². The average Bonchev–Trinajstić information content (AvgIpc) is 2.57. The Kier molecular flexibility index (Phi) is 4.39. The number of carbonyl (C=O) groups is 1. The predicted octanol–water partition coefficient (Wildman–Crippen LogP) is 4.35. The van der Waals surface area contributed by atoms with Gasteiger partial charge in [-0.25, -0.2) is 0 Å². The molecule has 0 heterocycles. The van der Waals surface area contributed by atoms with Gasteiger partial charge >= 0.3 is 0 Å². The third-order valence-electron chi connectivity index (χ3n) is 4.71. The van der Waals surface area contributed by atoms with Crippen LogP contribution in [0.4, 0.5) is 0 Å². The maximum Gasteiger partial charge on any atom is 0.173 e. The zero-order valence-electron chi connectivity index (χ0n) is 12.7. The minimum Gasteiger partial charge on any atom is -0.389 e. The third kappa shape index (κ3) is 2.97. The highest BCUT2D eigenvalue weighted by atomic mass is 16.3. The van der Waals surface area contributed by atoms with Crippen LogP contribution >= 0.6 is 0 Å². The van der Waals surface area contributed by atoms with Crippen LogP contribution in [0.1, 0.15) is 53.9 Å². The first-order valence-electron chi connectivity index (χ1n) is 8.07. The smallest absolute Gasteiger partial charge is 0.173 e. The van der Waals surface area contributed by atoms with E-state index in [1.165, 1.54) is 0 Å². The number of hydrogen-bond donors (Lipinski definition) is 1. The summed E-state index contributed by atoms with van der Waals surface area (Å²) in [5.41, 5.74) is 0.670. The molecule has 0 aliphatic heterocycles. The Hall–Kier alpha value is -1.93. The maximum atomic E-state index is 13.1. The standard InChI is InChI=1S/C20H22O2/c21-19(17-12-6-2-7-13-17)18(16-10-4-1-5-11-16)20(22)14-8-3-9-15-20/h1-2,4-7,10-13,18,22H,3,8-9,14-15H2. The molecule has 1 aliphatic rings. The highest BCUT2D eigenvalue weighted by Crippen LogP contribution is 2.41. The average molecular weight is 294 g/mol. The van der Waals surface area contributed by atoms with Crippen molar-refractivity contribution in [2.75, 3.05) is 0 Å². The Morgan fingerprint density at radius 3 is 2.00 bits per heavy atom. The molecule has 1 aliphatic carbocycles. The lowest BCUT2D eigenvalue weighted by Crippen LogP contribution is -2.42. The second-order valence-corrected chi connectivity index (χ2v) is 6.24. The SMILES string of the molecule is O=C(c1ccccc1)C(c1ccccc1)C1(O)CCCCC1. The van der Waals surface area contributed by atoms with E-state index in [1.807, 2.05) is 60.7 Å². The van der Waals surface area contributed by atoms with Crippen molar-refractivity contribution < 1.29 is 9.90 Å². The fourth-order valence-electron chi connectivity index (χ4n) is 3.57. The third-order valence-corrected chi connectivity index (χ3v) is 4.71. The first-order valence-corrected chi connectivity index (χ1v) is 8.07. The van der Waals surface area contributed by atoms with Gasteiger partial charge in [0.25, 0.3) is 0 Å². The first kappa shape index (κ1) is 15.0. The Bertz CT molecular complexity index is 613. The first-order chi connectivity index (χ1) is 10.7. The minimum atomic E-state index is -0.924. The molecule has 1 N–H and O–H groups in total. The van der Waals surface area contributed by atoms with Gasteiger partial charge in [0, 0.05) is 5.56 Å². The van der Waals surface area contributed by atoms with Crippen molar-refractivity contribution in [3.05, 3.63) is 71.8 Å². The number of aliphatic hydroxyl groups is 1. The van der Waals surface area contributed by atoms with Crippen LogP contribution < -0.4 is 0 Å². The van der Waals surface area contributed by atoms with Crippen molar-refractivity contribution in [3.8, 4) is 0 Å². The molecule has 1 fully saturated rings. The van der Waals surface area contributed by atoms with Gasteiger partial charge in [0.1, 0.15) is 0 Å². The van der Waals surface area contributed by atoms with E-state index in [0.29, 0.717) is 18.4 Å². The van der Waals surface area contributed by atoms with Crippen molar-refractivity contribution in [3.63, 3.8) is 0 Å². The lowest BCUT2D eigenvalue weighted by Gasteiger charge is -2.38. The van der Waals surface area contributed by atoms with Crippen molar-refractivity contribution >= 4 is 5.78 Å². The molecule has 0 radical (unpaired) electrons. The number of ketones is 1. The summed E-state index contributed by atoms with van der Waals surface area (Å²) < 4.78 is 0. The van der Waals surface area contributed by atoms with Gasteiger partial charge in [-0.1, -0.05) is 79.9 Å². The van der Waals surface area contributed by atoms with E-state index >= 15 is 0 Å². The van der Waals surface area contributed by atoms with E-state index in [4.69, 9.17) is 0 Å². The Morgan fingerprint density at radius 2 is 1.41 bits per heavy atom. The van der Waals surface area contributed by atoms with Crippen molar-refractivity contribution in [2.45, 2.75) is 43.6 Å². The van der Waals surface area contributed by atoms with Crippen LogP contribution in [0.2, 0.25) is 0 Å². The molecule has 0 saturated heterocycles. The number of hydrogen-bond acceptors (Lipinski definition) is 2. The van der Waals surface area contributed by atoms with Crippen molar-refractivity contribution in [2.24, 2.45) is 0 Å². The van der Waals surface area contributed by atoms with Gasteiger partial charge in [-0.15, -0.1) is 0 Å². The fraction of sp³-hybridized carbons (Fsp3) is 0.350. The number of Topliss-reactive ketones (excluding diaryl/α,β-unsaturated/α-hetero) is 1. The number of rotatable bonds is 4. The number of carbonyl (C=O) groups excluding carboxylic acids is 1. The fourth-order valence-corrected chi connectivity index (χ4v) is 3.57. The summed E-state index contributed by atoms with van der Waals surface area (Å²) in [6.07, 6.45) is 4.52. The Morgan fingerprint density at radius 1 is 0.864 bits per heavy atom. The molecule has 2 aromatic carbocycles. The van der Waals surface area contributed by atoms with E-state index in [0.717, 1.165) is 24.8 Å². The summed E-state index contributed by atoms with van der Waals surface area (Å²) in [6.45, 7) is 0. The van der Waals surface area contributed by atoms with Crippen molar-refractivity contribution in [1.82, 2.24) is 0 Å². The quantitative estimate of drug-likeness (QED) is 0.851. The van der Waals surface area contributed by atoms with Crippen LogP contribution in [0.15, 0.2) is 60.7 Å². The molecule has 0 bridgehead atoms. The van der Waals surface area contributed by atoms with Crippen LogP contribution in [0, 0.1) is 0 Å². The van der Waals surface area contributed by atoms with E-state index in [2.05, 4.69) is 0 Å². The van der Waals surface area contributed by atoms with Gasteiger partial charge in [0.05, 0.1) is 11.5 Å². The summed E-state index contributed by atoms with van der Waals surface area (Å²) in [6, 6.07) is 19.1. The molecule has 0 spiro atoms. The second-order valence-electron chi connectivity index (χ2n) is 6.24. The monoisotopic (exact) mass is 294 g/mol. The molecule has 2 heteroatoms. The van der Waals surface area contributed by atoms with Gasteiger partial charge in [-0.3, -0.25) is 4.79 Å². The van der Waals surface area contributed by atoms with Gasteiger partial charge in [-0.2, -0.15) is 0 Å². The van der Waals surface area contributed by atoms with Crippen LogP contribution in [-0.4, -0.2) is 16.5 Å². The van der Waals surface area contributed by atoms with E-state index in [1.54, 1.807) is 0 Å². The van der Waals surface area contributed by atoms with Gasteiger partial charge < -0.3 is 5.11 Å². The lowest BCUT2D eigenvalue weighted by molar-refractivity contribution is -0.0155. The summed E-state index contributed by atoms with van der Waals surface area (Å²) in [5.74, 6) is -0.451. The molecule has 0 aromatic heterocycles. The summed E-state index contributed by atoms with van der Waals surface area (Å²) in [7, 11) is 0. The summed E-state index contributed by atoms with van der Waals surface area (Å²) in [5, 5.41) is 11.2. The predicted molar refractivity (Wildman–Crippen MR) is 88.0 cm³/mol. The lowest BCUT2D eigenvalue weighted by atomic mass is 9.70. The van der Waals surface area contributed by atoms with Gasteiger partial charge in [0.15, 0.2) is 5.78 Å². The molecule has 22 heavy (non-hydrogen) atoms.